The largest absolute Gasteiger partial charge is 0.344 e. The summed E-state index contributed by atoms with van der Waals surface area (Å²) in [6.45, 7) is 6.51. The predicted molar refractivity (Wildman–Crippen MR) is 70.4 cm³/mol. The fourth-order valence-corrected chi connectivity index (χ4v) is 2.26. The van der Waals surface area contributed by atoms with Crippen LogP contribution in [-0.4, -0.2) is 28.2 Å². The molecule has 0 radical (unpaired) electrons. The number of carbonyl (C=O) groups excluding carboxylic acids is 1. The molecule has 0 aromatic carbocycles. The van der Waals surface area contributed by atoms with Gasteiger partial charge in [0.25, 0.3) is 5.91 Å². The van der Waals surface area contributed by atoms with Gasteiger partial charge in [-0.15, -0.1) is 0 Å². The second-order valence-corrected chi connectivity index (χ2v) is 5.61. The Balaban J connectivity index is 2.17. The van der Waals surface area contributed by atoms with Crippen LogP contribution in [0, 0.1) is 5.92 Å². The van der Waals surface area contributed by atoms with Crippen molar-refractivity contribution < 1.29 is 4.79 Å². The predicted octanol–water partition coefficient (Wildman–Crippen LogP) is 1.00. The van der Waals surface area contributed by atoms with E-state index in [0.29, 0.717) is 12.2 Å². The number of nitrogens with two attached hydrogens (primary N) is 1. The number of aryl methyl sites for hydroxylation is 1. The van der Waals surface area contributed by atoms with Gasteiger partial charge in [-0.25, -0.2) is 0 Å². The van der Waals surface area contributed by atoms with Crippen molar-refractivity contribution in [2.24, 2.45) is 11.7 Å². The minimum absolute atomic E-state index is 0.115. The molecule has 5 heteroatoms. The molecule has 0 saturated heterocycles. The molecule has 4 N–H and O–H groups in total. The summed E-state index contributed by atoms with van der Waals surface area (Å²) in [6.07, 6.45) is 3.03. The molecule has 2 rings (SSSR count). The summed E-state index contributed by atoms with van der Waals surface area (Å²) < 4.78 is 0. The average Bonchev–Trinajstić information content (AvgIpc) is 2.89. The molecule has 5 nitrogen and oxygen atoms in total. The highest BCUT2D eigenvalue weighted by molar-refractivity contribution is 5.94. The van der Waals surface area contributed by atoms with Crippen LogP contribution in [0.25, 0.3) is 0 Å². The summed E-state index contributed by atoms with van der Waals surface area (Å²) in [5, 5.41) is 10.1. The van der Waals surface area contributed by atoms with Crippen molar-refractivity contribution in [3.63, 3.8) is 0 Å². The molecule has 1 aromatic heterocycles. The van der Waals surface area contributed by atoms with Gasteiger partial charge in [0.1, 0.15) is 0 Å². The van der Waals surface area contributed by atoms with Crippen LogP contribution in [0.4, 0.5) is 0 Å². The molecule has 18 heavy (non-hydrogen) atoms. The molecular formula is C13H22N4O. The zero-order chi connectivity index (χ0) is 13.3. The number of H-pyrrole nitrogens is 1. The number of amides is 1. The topological polar surface area (TPSA) is 83.8 Å². The van der Waals surface area contributed by atoms with Crippen molar-refractivity contribution >= 4 is 5.91 Å². The Kier molecular flexibility index (Phi) is 3.43. The molecule has 100 valence electrons. The van der Waals surface area contributed by atoms with E-state index in [1.54, 1.807) is 0 Å². The Hall–Kier alpha value is -1.36. The van der Waals surface area contributed by atoms with E-state index in [9.17, 15) is 4.79 Å². The van der Waals surface area contributed by atoms with Gasteiger partial charge in [-0.1, -0.05) is 13.8 Å². The summed E-state index contributed by atoms with van der Waals surface area (Å²) in [5.41, 5.74) is 8.13. The maximum Gasteiger partial charge on any atom is 0.272 e. The first-order chi connectivity index (χ1) is 8.48. The van der Waals surface area contributed by atoms with Gasteiger partial charge in [-0.2, -0.15) is 5.10 Å². The van der Waals surface area contributed by atoms with E-state index >= 15 is 0 Å². The van der Waals surface area contributed by atoms with Crippen LogP contribution in [-0.2, 0) is 12.8 Å². The number of hydrogen-bond acceptors (Lipinski definition) is 3. The van der Waals surface area contributed by atoms with Gasteiger partial charge in [-0.3, -0.25) is 9.89 Å². The number of aromatic nitrogens is 2. The second kappa shape index (κ2) is 4.72. The minimum Gasteiger partial charge on any atom is -0.344 e. The molecule has 0 saturated carbocycles. The third kappa shape index (κ3) is 2.14. The third-order valence-electron chi connectivity index (χ3n) is 4.12. The number of carbonyl (C=O) groups is 1. The Morgan fingerprint density at radius 3 is 2.89 bits per heavy atom. The lowest BCUT2D eigenvalue weighted by atomic mass is 9.88. The Morgan fingerprint density at radius 2 is 2.28 bits per heavy atom. The van der Waals surface area contributed by atoms with E-state index in [2.05, 4.69) is 29.4 Å². The number of nitrogens with zero attached hydrogens (tertiary/aromatic N) is 1. The standard InChI is InChI=1S/C13H22N4O/c1-8(2)13(3,7-14)15-12(18)11-9-5-4-6-10(9)16-17-11/h8H,4-7,14H2,1-3H3,(H,15,18)(H,16,17). The number of aromatic amines is 1. The summed E-state index contributed by atoms with van der Waals surface area (Å²) in [5.74, 6) is 0.162. The Bertz CT molecular complexity index is 452. The van der Waals surface area contributed by atoms with Crippen molar-refractivity contribution in [2.75, 3.05) is 6.54 Å². The highest BCUT2D eigenvalue weighted by atomic mass is 16.2. The summed E-state index contributed by atoms with van der Waals surface area (Å²) in [6, 6.07) is 0. The lowest BCUT2D eigenvalue weighted by molar-refractivity contribution is 0.0877. The van der Waals surface area contributed by atoms with E-state index in [1.807, 2.05) is 6.92 Å². The maximum absolute atomic E-state index is 12.3. The van der Waals surface area contributed by atoms with Gasteiger partial charge in [-0.05, 0) is 32.1 Å². The van der Waals surface area contributed by atoms with Crippen molar-refractivity contribution in [1.82, 2.24) is 15.5 Å². The molecule has 0 bridgehead atoms. The SMILES string of the molecule is CC(C)C(C)(CN)NC(=O)c1n[nH]c2c1CCC2. The quantitative estimate of drug-likeness (QED) is 0.745. The zero-order valence-corrected chi connectivity index (χ0v) is 11.3. The Morgan fingerprint density at radius 1 is 1.56 bits per heavy atom. The highest BCUT2D eigenvalue weighted by Crippen LogP contribution is 2.23. The van der Waals surface area contributed by atoms with Crippen LogP contribution in [0.2, 0.25) is 0 Å². The van der Waals surface area contributed by atoms with Crippen LogP contribution in [0.5, 0.6) is 0 Å². The third-order valence-corrected chi connectivity index (χ3v) is 4.12. The van der Waals surface area contributed by atoms with Gasteiger partial charge in [0.2, 0.25) is 0 Å². The monoisotopic (exact) mass is 250 g/mol. The van der Waals surface area contributed by atoms with Gasteiger partial charge >= 0.3 is 0 Å². The van der Waals surface area contributed by atoms with E-state index in [1.165, 1.54) is 0 Å². The normalized spacial score (nSPS) is 17.6. The van der Waals surface area contributed by atoms with Crippen molar-refractivity contribution in [1.29, 1.82) is 0 Å². The van der Waals surface area contributed by atoms with Gasteiger partial charge in [0, 0.05) is 17.8 Å². The molecule has 0 aliphatic heterocycles. The molecule has 0 spiro atoms. The van der Waals surface area contributed by atoms with Crippen LogP contribution in [0.15, 0.2) is 0 Å². The first kappa shape index (κ1) is 13.1. The van der Waals surface area contributed by atoms with Crippen molar-refractivity contribution in [3.05, 3.63) is 17.0 Å². The lowest BCUT2D eigenvalue weighted by Crippen LogP contribution is -2.55. The van der Waals surface area contributed by atoms with Gasteiger partial charge in [0.15, 0.2) is 5.69 Å². The zero-order valence-electron chi connectivity index (χ0n) is 11.3. The molecule has 1 atom stereocenters. The number of hydrogen-bond donors (Lipinski definition) is 3. The van der Waals surface area contributed by atoms with E-state index in [-0.39, 0.29) is 17.4 Å². The molecule has 0 fully saturated rings. The number of rotatable bonds is 4. The molecule has 1 heterocycles. The van der Waals surface area contributed by atoms with E-state index < -0.39 is 0 Å². The Labute approximate surface area is 108 Å². The number of nitrogens with one attached hydrogen (secondary N) is 2. The molecule has 1 aliphatic carbocycles. The lowest BCUT2D eigenvalue weighted by Gasteiger charge is -2.33. The smallest absolute Gasteiger partial charge is 0.272 e. The van der Waals surface area contributed by atoms with E-state index in [0.717, 1.165) is 30.5 Å². The van der Waals surface area contributed by atoms with Crippen LogP contribution in [0.1, 0.15) is 48.9 Å². The summed E-state index contributed by atoms with van der Waals surface area (Å²) >= 11 is 0. The van der Waals surface area contributed by atoms with E-state index in [4.69, 9.17) is 5.73 Å². The van der Waals surface area contributed by atoms with Crippen LogP contribution in [0.3, 0.4) is 0 Å². The molecular weight excluding hydrogens is 228 g/mol. The summed E-state index contributed by atoms with van der Waals surface area (Å²) in [7, 11) is 0. The summed E-state index contributed by atoms with van der Waals surface area (Å²) in [4.78, 5) is 12.3. The average molecular weight is 250 g/mol. The molecule has 1 aliphatic rings. The highest BCUT2D eigenvalue weighted by Gasteiger charge is 2.31. The van der Waals surface area contributed by atoms with Crippen LogP contribution >= 0.6 is 0 Å². The fraction of sp³-hybridized carbons (Fsp3) is 0.692. The second-order valence-electron chi connectivity index (χ2n) is 5.61. The molecule has 1 unspecified atom stereocenters. The fourth-order valence-electron chi connectivity index (χ4n) is 2.26. The van der Waals surface area contributed by atoms with Crippen molar-refractivity contribution in [2.45, 2.75) is 45.6 Å². The maximum atomic E-state index is 12.3. The van der Waals surface area contributed by atoms with Gasteiger partial charge < -0.3 is 11.1 Å². The molecule has 1 aromatic rings. The first-order valence-corrected chi connectivity index (χ1v) is 6.56. The molecule has 1 amide bonds. The van der Waals surface area contributed by atoms with Crippen LogP contribution < -0.4 is 11.1 Å². The number of fused-ring (bicyclic) bond motifs is 1. The van der Waals surface area contributed by atoms with Gasteiger partial charge in [0.05, 0.1) is 5.54 Å². The first-order valence-electron chi connectivity index (χ1n) is 6.56. The minimum atomic E-state index is -0.387. The van der Waals surface area contributed by atoms with Crippen molar-refractivity contribution in [3.8, 4) is 0 Å².